The van der Waals surface area contributed by atoms with E-state index in [1.807, 2.05) is 0 Å². The van der Waals surface area contributed by atoms with Crippen molar-refractivity contribution in [1.82, 2.24) is 4.72 Å². The molecular formula is C9H19NO4S. The summed E-state index contributed by atoms with van der Waals surface area (Å²) >= 11 is 0. The fourth-order valence-electron chi connectivity index (χ4n) is 1.76. The molecule has 0 saturated heterocycles. The molecule has 15 heavy (non-hydrogen) atoms. The average molecular weight is 237 g/mol. The molecule has 0 aromatic rings. The molecule has 0 aromatic heterocycles. The van der Waals surface area contributed by atoms with Gasteiger partial charge in [-0.05, 0) is 12.8 Å². The number of rotatable bonds is 6. The number of methoxy groups -OCH3 is 2. The van der Waals surface area contributed by atoms with Crippen molar-refractivity contribution in [3.05, 3.63) is 0 Å². The summed E-state index contributed by atoms with van der Waals surface area (Å²) < 4.78 is 35.8. The Balaban J connectivity index is 2.42. The van der Waals surface area contributed by atoms with Gasteiger partial charge in [0.25, 0.3) is 0 Å². The fourth-order valence-corrected chi connectivity index (χ4v) is 3.32. The van der Waals surface area contributed by atoms with Crippen LogP contribution < -0.4 is 4.72 Å². The summed E-state index contributed by atoms with van der Waals surface area (Å²) in [6.07, 6.45) is 3.02. The van der Waals surface area contributed by atoms with Crippen LogP contribution in [0.5, 0.6) is 0 Å². The smallest absolute Gasteiger partial charge is 0.214 e. The van der Waals surface area contributed by atoms with Crippen molar-refractivity contribution in [3.63, 3.8) is 0 Å². The van der Waals surface area contributed by atoms with Crippen LogP contribution in [0.3, 0.4) is 0 Å². The lowest BCUT2D eigenvalue weighted by Gasteiger charge is -2.16. The number of hydrogen-bond donors (Lipinski definition) is 1. The lowest BCUT2D eigenvalue weighted by Crippen LogP contribution is -2.38. The maximum Gasteiger partial charge on any atom is 0.214 e. The molecule has 1 aliphatic carbocycles. The molecule has 0 aliphatic heterocycles. The first-order valence-electron chi connectivity index (χ1n) is 5.14. The van der Waals surface area contributed by atoms with Gasteiger partial charge < -0.3 is 9.47 Å². The van der Waals surface area contributed by atoms with Gasteiger partial charge in [-0.15, -0.1) is 0 Å². The topological polar surface area (TPSA) is 64.6 Å². The predicted molar refractivity (Wildman–Crippen MR) is 57.0 cm³/mol. The number of sulfonamides is 1. The van der Waals surface area contributed by atoms with Crippen molar-refractivity contribution in [2.45, 2.75) is 37.2 Å². The Morgan fingerprint density at radius 1 is 1.27 bits per heavy atom. The molecule has 0 heterocycles. The summed E-state index contributed by atoms with van der Waals surface area (Å²) in [4.78, 5) is 0. The van der Waals surface area contributed by atoms with Crippen molar-refractivity contribution in [1.29, 1.82) is 0 Å². The third-order valence-corrected chi connectivity index (χ3v) is 4.64. The van der Waals surface area contributed by atoms with Gasteiger partial charge in [-0.1, -0.05) is 12.8 Å². The van der Waals surface area contributed by atoms with Crippen molar-refractivity contribution in [3.8, 4) is 0 Å². The highest BCUT2D eigenvalue weighted by Gasteiger charge is 2.28. The Bertz CT molecular complexity index is 268. The molecular weight excluding hydrogens is 218 g/mol. The first-order chi connectivity index (χ1) is 7.10. The zero-order valence-electron chi connectivity index (χ0n) is 9.23. The largest absolute Gasteiger partial charge is 0.355 e. The molecule has 1 saturated carbocycles. The minimum Gasteiger partial charge on any atom is -0.355 e. The monoisotopic (exact) mass is 237 g/mol. The number of nitrogens with one attached hydrogen (secondary N) is 1. The highest BCUT2D eigenvalue weighted by molar-refractivity contribution is 7.90. The molecule has 0 unspecified atom stereocenters. The molecule has 0 bridgehead atoms. The van der Waals surface area contributed by atoms with E-state index in [1.54, 1.807) is 0 Å². The van der Waals surface area contributed by atoms with Gasteiger partial charge >= 0.3 is 0 Å². The van der Waals surface area contributed by atoms with Crippen LogP contribution in [0.1, 0.15) is 25.7 Å². The molecule has 5 nitrogen and oxygen atoms in total. The van der Waals surface area contributed by atoms with E-state index < -0.39 is 16.3 Å². The van der Waals surface area contributed by atoms with Gasteiger partial charge in [0, 0.05) is 14.2 Å². The molecule has 0 radical (unpaired) electrons. The van der Waals surface area contributed by atoms with E-state index in [2.05, 4.69) is 4.72 Å². The first-order valence-corrected chi connectivity index (χ1v) is 6.69. The minimum absolute atomic E-state index is 0.172. The molecule has 6 heteroatoms. The maximum absolute atomic E-state index is 11.7. The maximum atomic E-state index is 11.7. The van der Waals surface area contributed by atoms with Gasteiger partial charge in [0.1, 0.15) is 0 Å². The molecule has 0 amide bonds. The van der Waals surface area contributed by atoms with Gasteiger partial charge in [0.05, 0.1) is 11.8 Å². The Kier molecular flexibility index (Phi) is 4.98. The summed E-state index contributed by atoms with van der Waals surface area (Å²) in [7, 11) is -0.217. The van der Waals surface area contributed by atoms with Crippen LogP contribution in [0.2, 0.25) is 0 Å². The second-order valence-electron chi connectivity index (χ2n) is 3.70. The Labute approximate surface area is 91.2 Å². The van der Waals surface area contributed by atoms with Gasteiger partial charge in [-0.25, -0.2) is 13.1 Å². The molecule has 1 rings (SSSR count). The Morgan fingerprint density at radius 3 is 2.27 bits per heavy atom. The number of hydrogen-bond acceptors (Lipinski definition) is 4. The molecule has 1 N–H and O–H groups in total. The Hall–Kier alpha value is -0.170. The van der Waals surface area contributed by atoms with Crippen molar-refractivity contribution in [2.75, 3.05) is 20.8 Å². The molecule has 0 aromatic carbocycles. The van der Waals surface area contributed by atoms with Crippen LogP contribution in [-0.2, 0) is 19.5 Å². The first kappa shape index (κ1) is 12.9. The summed E-state index contributed by atoms with van der Waals surface area (Å²) in [5.74, 6) is 0. The molecule has 1 aliphatic rings. The van der Waals surface area contributed by atoms with E-state index in [9.17, 15) is 8.42 Å². The van der Waals surface area contributed by atoms with Crippen LogP contribution in [0, 0.1) is 0 Å². The van der Waals surface area contributed by atoms with E-state index in [-0.39, 0.29) is 11.8 Å². The van der Waals surface area contributed by atoms with Gasteiger partial charge in [0.15, 0.2) is 6.29 Å². The second-order valence-corrected chi connectivity index (χ2v) is 5.75. The van der Waals surface area contributed by atoms with Crippen LogP contribution in [-0.4, -0.2) is 40.7 Å². The molecule has 1 fully saturated rings. The molecule has 0 spiro atoms. The highest BCUT2D eigenvalue weighted by atomic mass is 32.2. The van der Waals surface area contributed by atoms with Crippen LogP contribution in [0.15, 0.2) is 0 Å². The second kappa shape index (κ2) is 5.79. The van der Waals surface area contributed by atoms with Crippen LogP contribution in [0.25, 0.3) is 0 Å². The zero-order chi connectivity index (χ0) is 11.3. The summed E-state index contributed by atoms with van der Waals surface area (Å²) in [5, 5.41) is -0.230. The summed E-state index contributed by atoms with van der Waals surface area (Å²) in [6, 6.07) is 0. The van der Waals surface area contributed by atoms with E-state index in [1.165, 1.54) is 14.2 Å². The van der Waals surface area contributed by atoms with E-state index in [0.717, 1.165) is 25.7 Å². The SMILES string of the molecule is COC(CNS(=O)(=O)C1CCCC1)OC. The van der Waals surface area contributed by atoms with Crippen LogP contribution >= 0.6 is 0 Å². The number of ether oxygens (including phenoxy) is 2. The predicted octanol–water partition coefficient (Wildman–Crippen LogP) is 0.467. The lowest BCUT2D eigenvalue weighted by molar-refractivity contribution is -0.0961. The zero-order valence-corrected chi connectivity index (χ0v) is 10.0. The quantitative estimate of drug-likeness (QED) is 0.682. The van der Waals surface area contributed by atoms with E-state index in [0.29, 0.717) is 0 Å². The summed E-state index contributed by atoms with van der Waals surface area (Å²) in [5.41, 5.74) is 0. The standard InChI is InChI=1S/C9H19NO4S/c1-13-9(14-2)7-10-15(11,12)8-5-3-4-6-8/h8-10H,3-7H2,1-2H3. The lowest BCUT2D eigenvalue weighted by atomic mass is 10.4. The normalized spacial score (nSPS) is 18.9. The van der Waals surface area contributed by atoms with Gasteiger partial charge in [0.2, 0.25) is 10.0 Å². The third kappa shape index (κ3) is 3.71. The van der Waals surface area contributed by atoms with Gasteiger partial charge in [-0.3, -0.25) is 0 Å². The van der Waals surface area contributed by atoms with E-state index >= 15 is 0 Å². The third-order valence-electron chi connectivity index (χ3n) is 2.72. The van der Waals surface area contributed by atoms with Crippen molar-refractivity contribution >= 4 is 10.0 Å². The van der Waals surface area contributed by atoms with Crippen molar-refractivity contribution < 1.29 is 17.9 Å². The Morgan fingerprint density at radius 2 is 1.80 bits per heavy atom. The van der Waals surface area contributed by atoms with Crippen LogP contribution in [0.4, 0.5) is 0 Å². The fraction of sp³-hybridized carbons (Fsp3) is 1.00. The summed E-state index contributed by atoms with van der Waals surface area (Å²) in [6.45, 7) is 0.172. The highest BCUT2D eigenvalue weighted by Crippen LogP contribution is 2.23. The van der Waals surface area contributed by atoms with E-state index in [4.69, 9.17) is 9.47 Å². The average Bonchev–Trinajstić information content (AvgIpc) is 2.72. The van der Waals surface area contributed by atoms with Gasteiger partial charge in [-0.2, -0.15) is 0 Å². The molecule has 0 atom stereocenters. The molecule has 90 valence electrons. The van der Waals surface area contributed by atoms with Crippen molar-refractivity contribution in [2.24, 2.45) is 0 Å². The minimum atomic E-state index is -3.19.